The van der Waals surface area contributed by atoms with Gasteiger partial charge in [-0.15, -0.1) is 5.10 Å². The highest BCUT2D eigenvalue weighted by Crippen LogP contribution is 2.25. The Bertz CT molecular complexity index is 1030. The lowest BCUT2D eigenvalue weighted by atomic mass is 10.1. The van der Waals surface area contributed by atoms with Crippen LogP contribution in [0.4, 0.5) is 0 Å². The Labute approximate surface area is 133 Å². The molecule has 2 heterocycles. The third kappa shape index (κ3) is 2.23. The van der Waals surface area contributed by atoms with Crippen molar-refractivity contribution in [2.45, 2.75) is 20.3 Å². The summed E-state index contributed by atoms with van der Waals surface area (Å²) in [6, 6.07) is 15.6. The lowest BCUT2D eigenvalue weighted by Crippen LogP contribution is -2.14. The Hall–Kier alpha value is -2.88. The van der Waals surface area contributed by atoms with E-state index in [4.69, 9.17) is 4.42 Å². The number of aryl methyl sites for hydroxylation is 2. The van der Waals surface area contributed by atoms with Gasteiger partial charge in [0.2, 0.25) is 5.89 Å². The van der Waals surface area contributed by atoms with Gasteiger partial charge in [-0.2, -0.15) is 4.68 Å². The highest BCUT2D eigenvalue weighted by atomic mass is 16.3. The van der Waals surface area contributed by atoms with E-state index in [0.29, 0.717) is 11.5 Å². The van der Waals surface area contributed by atoms with E-state index in [9.17, 15) is 4.79 Å². The van der Waals surface area contributed by atoms with Gasteiger partial charge < -0.3 is 4.42 Å². The summed E-state index contributed by atoms with van der Waals surface area (Å²) in [7, 11) is 0. The average molecular weight is 304 g/mol. The van der Waals surface area contributed by atoms with E-state index in [-0.39, 0.29) is 5.56 Å². The summed E-state index contributed by atoms with van der Waals surface area (Å²) in [5.41, 5.74) is 4.18. The summed E-state index contributed by atoms with van der Waals surface area (Å²) in [5.74, 6) is 0.367. The minimum absolute atomic E-state index is 0.156. The van der Waals surface area contributed by atoms with Crippen molar-refractivity contribution in [2.75, 3.05) is 0 Å². The molecule has 0 saturated carbocycles. The zero-order valence-corrected chi connectivity index (χ0v) is 13.0. The molecule has 0 N–H and O–H groups in total. The van der Waals surface area contributed by atoms with Crippen LogP contribution in [0.3, 0.4) is 0 Å². The molecule has 2 aromatic carbocycles. The number of benzene rings is 2. The molecular formula is C19H16N2O2. The summed E-state index contributed by atoms with van der Waals surface area (Å²) in [6.45, 7) is 4.11. The topological polar surface area (TPSA) is 48.0 Å². The van der Waals surface area contributed by atoms with Crippen molar-refractivity contribution in [3.05, 3.63) is 70.0 Å². The third-order valence-corrected chi connectivity index (χ3v) is 4.10. The lowest BCUT2D eigenvalue weighted by molar-refractivity contribution is 0.591. The molecule has 0 atom stereocenters. The van der Waals surface area contributed by atoms with Crippen molar-refractivity contribution in [1.82, 2.24) is 9.78 Å². The highest BCUT2D eigenvalue weighted by Gasteiger charge is 2.19. The molecule has 4 nitrogen and oxygen atoms in total. The fraction of sp³-hybridized carbons (Fsp3) is 0.158. The van der Waals surface area contributed by atoms with Crippen LogP contribution >= 0.6 is 0 Å². The zero-order chi connectivity index (χ0) is 16.0. The van der Waals surface area contributed by atoms with E-state index in [0.717, 1.165) is 28.6 Å². The number of hydrogen-bond acceptors (Lipinski definition) is 3. The van der Waals surface area contributed by atoms with Crippen LogP contribution in [0.2, 0.25) is 0 Å². The maximum atomic E-state index is 12.7. The molecule has 114 valence electrons. The molecule has 0 spiro atoms. The quantitative estimate of drug-likeness (QED) is 0.563. The fourth-order valence-electron chi connectivity index (χ4n) is 2.78. The van der Waals surface area contributed by atoms with Gasteiger partial charge in [0.15, 0.2) is 0 Å². The van der Waals surface area contributed by atoms with Gasteiger partial charge in [-0.25, -0.2) is 0 Å². The van der Waals surface area contributed by atoms with Crippen molar-refractivity contribution in [3.8, 4) is 17.1 Å². The van der Waals surface area contributed by atoms with Crippen LogP contribution in [-0.4, -0.2) is 9.78 Å². The molecule has 4 heteroatoms. The molecule has 2 aromatic rings. The minimum atomic E-state index is -0.156. The standard InChI is InChI=1S/C19H16N2O2/c1-3-13-5-7-15(8-6-13)21-19(22)16-11-14-10-12(2)4-9-17(14)23-18(16)20-21/h4-11H,3H2,1-2H3. The Morgan fingerprint density at radius 3 is 2.61 bits per heavy atom. The first-order valence-corrected chi connectivity index (χ1v) is 7.68. The van der Waals surface area contributed by atoms with Crippen LogP contribution in [0, 0.1) is 6.92 Å². The molecule has 0 amide bonds. The average Bonchev–Trinajstić information content (AvgIpc) is 2.89. The fourth-order valence-corrected chi connectivity index (χ4v) is 2.78. The van der Waals surface area contributed by atoms with Gasteiger partial charge in [-0.3, -0.25) is 4.79 Å². The van der Waals surface area contributed by atoms with E-state index < -0.39 is 0 Å². The highest BCUT2D eigenvalue weighted by molar-refractivity contribution is 5.82. The second kappa shape index (κ2) is 5.09. The van der Waals surface area contributed by atoms with E-state index in [1.165, 1.54) is 10.2 Å². The zero-order valence-electron chi connectivity index (χ0n) is 13.0. The van der Waals surface area contributed by atoms with Crippen molar-refractivity contribution >= 4 is 11.0 Å². The minimum Gasteiger partial charge on any atom is -0.436 e. The van der Waals surface area contributed by atoms with E-state index in [1.54, 1.807) is 0 Å². The second-order valence-electron chi connectivity index (χ2n) is 5.74. The number of aromatic nitrogens is 2. The molecule has 2 aliphatic rings. The van der Waals surface area contributed by atoms with Gasteiger partial charge >= 0.3 is 0 Å². The summed E-state index contributed by atoms with van der Waals surface area (Å²) < 4.78 is 7.20. The van der Waals surface area contributed by atoms with Crippen molar-refractivity contribution < 1.29 is 4.42 Å². The van der Waals surface area contributed by atoms with Crippen molar-refractivity contribution in [2.24, 2.45) is 0 Å². The van der Waals surface area contributed by atoms with Gasteiger partial charge in [-0.1, -0.05) is 30.7 Å². The summed E-state index contributed by atoms with van der Waals surface area (Å²) in [5, 5.41) is 5.26. The number of hydrogen-bond donors (Lipinski definition) is 0. The predicted octanol–water partition coefficient (Wildman–Crippen LogP) is 3.95. The SMILES string of the molecule is CCc1ccc(-n2nc3oc4ccc(C)cc4cc-3c2=O)cc1. The van der Waals surface area contributed by atoms with Gasteiger partial charge in [0.1, 0.15) is 11.1 Å². The Morgan fingerprint density at radius 1 is 1.09 bits per heavy atom. The molecule has 0 fully saturated rings. The molecule has 0 saturated heterocycles. The number of nitrogens with zero attached hydrogens (tertiary/aromatic N) is 2. The lowest BCUT2D eigenvalue weighted by Gasteiger charge is -2.01. The molecule has 0 aliphatic carbocycles. The number of fused-ring (bicyclic) bond motifs is 2. The Balaban J connectivity index is 1.94. The molecule has 23 heavy (non-hydrogen) atoms. The Morgan fingerprint density at radius 2 is 1.87 bits per heavy atom. The molecule has 0 unspecified atom stereocenters. The van der Waals surface area contributed by atoms with Crippen LogP contribution in [0.1, 0.15) is 18.1 Å². The summed E-state index contributed by atoms with van der Waals surface area (Å²) in [6.07, 6.45) is 0.964. The molecule has 0 radical (unpaired) electrons. The molecule has 4 rings (SSSR count). The first-order chi connectivity index (χ1) is 11.2. The smallest absolute Gasteiger partial charge is 0.284 e. The largest absolute Gasteiger partial charge is 0.436 e. The van der Waals surface area contributed by atoms with Crippen LogP contribution in [-0.2, 0) is 6.42 Å². The van der Waals surface area contributed by atoms with E-state index >= 15 is 0 Å². The Kier molecular flexibility index (Phi) is 3.05. The first-order valence-electron chi connectivity index (χ1n) is 7.68. The monoisotopic (exact) mass is 304 g/mol. The third-order valence-electron chi connectivity index (χ3n) is 4.10. The first kappa shape index (κ1) is 13.8. The van der Waals surface area contributed by atoms with Gasteiger partial charge in [-0.05, 0) is 49.2 Å². The second-order valence-corrected chi connectivity index (χ2v) is 5.74. The van der Waals surface area contributed by atoms with Crippen molar-refractivity contribution in [3.63, 3.8) is 0 Å². The maximum absolute atomic E-state index is 12.7. The van der Waals surface area contributed by atoms with Gasteiger partial charge in [0.05, 0.1) is 5.69 Å². The molecule has 2 aliphatic heterocycles. The van der Waals surface area contributed by atoms with Gasteiger partial charge in [0, 0.05) is 5.39 Å². The predicted molar refractivity (Wildman–Crippen MR) is 90.3 cm³/mol. The van der Waals surface area contributed by atoms with Crippen LogP contribution in [0.5, 0.6) is 0 Å². The van der Waals surface area contributed by atoms with Gasteiger partial charge in [0.25, 0.3) is 5.56 Å². The van der Waals surface area contributed by atoms with E-state index in [2.05, 4.69) is 12.0 Å². The normalized spacial score (nSPS) is 11.4. The van der Waals surface area contributed by atoms with Crippen LogP contribution in [0.25, 0.3) is 28.1 Å². The summed E-state index contributed by atoms with van der Waals surface area (Å²) in [4.78, 5) is 12.7. The van der Waals surface area contributed by atoms with Crippen LogP contribution < -0.4 is 5.56 Å². The molecule has 0 bridgehead atoms. The molecule has 0 aromatic heterocycles. The van der Waals surface area contributed by atoms with E-state index in [1.807, 2.05) is 55.5 Å². The maximum Gasteiger partial charge on any atom is 0.284 e. The van der Waals surface area contributed by atoms with Crippen molar-refractivity contribution in [1.29, 1.82) is 0 Å². The molecular weight excluding hydrogens is 288 g/mol. The van der Waals surface area contributed by atoms with Crippen LogP contribution in [0.15, 0.2) is 57.7 Å². The number of rotatable bonds is 2. The summed E-state index contributed by atoms with van der Waals surface area (Å²) >= 11 is 0.